The quantitative estimate of drug-likeness (QED) is 0.782. The van der Waals surface area contributed by atoms with Crippen LogP contribution in [0.1, 0.15) is 31.7 Å². The van der Waals surface area contributed by atoms with Crippen LogP contribution in [-0.4, -0.2) is 6.54 Å². The summed E-state index contributed by atoms with van der Waals surface area (Å²) < 4.78 is 38.6. The molecule has 1 aromatic rings. The minimum Gasteiger partial charge on any atom is -0.312 e. The van der Waals surface area contributed by atoms with Crippen molar-refractivity contribution in [3.05, 3.63) is 35.1 Å². The fraction of sp³-hybridized carbons (Fsp3) is 0.538. The van der Waals surface area contributed by atoms with Gasteiger partial charge in [0.1, 0.15) is 0 Å². The summed E-state index contributed by atoms with van der Waals surface area (Å²) in [5, 5.41) is 3.17. The minimum absolute atomic E-state index is 0.371. The zero-order valence-corrected chi connectivity index (χ0v) is 9.82. The Balaban J connectivity index is 1.91. The molecule has 0 saturated heterocycles. The Hall–Kier alpha value is -1.03. The van der Waals surface area contributed by atoms with Gasteiger partial charge in [0, 0.05) is 13.1 Å². The van der Waals surface area contributed by atoms with E-state index in [0.717, 1.165) is 25.1 Å². The lowest BCUT2D eigenvalue weighted by atomic mass is 10.0. The van der Waals surface area contributed by atoms with Crippen molar-refractivity contribution in [2.24, 2.45) is 5.41 Å². The lowest BCUT2D eigenvalue weighted by molar-refractivity contribution is 0.433. The van der Waals surface area contributed by atoms with E-state index in [1.807, 2.05) is 0 Å². The average Bonchev–Trinajstić information content (AvgIpc) is 3.06. The van der Waals surface area contributed by atoms with E-state index in [2.05, 4.69) is 12.2 Å². The largest absolute Gasteiger partial charge is 0.312 e. The van der Waals surface area contributed by atoms with Crippen LogP contribution >= 0.6 is 0 Å². The number of rotatable bonds is 5. The highest BCUT2D eigenvalue weighted by atomic mass is 19.2. The summed E-state index contributed by atoms with van der Waals surface area (Å²) in [7, 11) is 0. The minimum atomic E-state index is -1.40. The van der Waals surface area contributed by atoms with Gasteiger partial charge >= 0.3 is 0 Å². The van der Waals surface area contributed by atoms with Crippen LogP contribution in [0.3, 0.4) is 0 Å². The normalized spacial score (nSPS) is 17.2. The first-order chi connectivity index (χ1) is 8.06. The van der Waals surface area contributed by atoms with E-state index in [9.17, 15) is 13.2 Å². The van der Waals surface area contributed by atoms with Crippen LogP contribution in [0.2, 0.25) is 0 Å². The van der Waals surface area contributed by atoms with Crippen LogP contribution in [0, 0.1) is 22.9 Å². The number of benzene rings is 1. The second-order valence-corrected chi connectivity index (χ2v) is 4.83. The van der Waals surface area contributed by atoms with E-state index >= 15 is 0 Å². The third-order valence-corrected chi connectivity index (χ3v) is 3.58. The molecular weight excluding hydrogens is 227 g/mol. The summed E-state index contributed by atoms with van der Waals surface area (Å²) in [4.78, 5) is 0. The number of nitrogens with one attached hydrogen (secondary N) is 1. The van der Waals surface area contributed by atoms with Crippen molar-refractivity contribution >= 4 is 0 Å². The Morgan fingerprint density at radius 3 is 2.24 bits per heavy atom. The third-order valence-electron chi connectivity index (χ3n) is 3.58. The molecule has 17 heavy (non-hydrogen) atoms. The van der Waals surface area contributed by atoms with Gasteiger partial charge in [-0.3, -0.25) is 0 Å². The first kappa shape index (κ1) is 12.4. The van der Waals surface area contributed by atoms with Gasteiger partial charge < -0.3 is 5.32 Å². The molecule has 4 heteroatoms. The molecule has 0 bridgehead atoms. The topological polar surface area (TPSA) is 12.0 Å². The molecule has 0 atom stereocenters. The van der Waals surface area contributed by atoms with Gasteiger partial charge in [0.2, 0.25) is 0 Å². The van der Waals surface area contributed by atoms with Gasteiger partial charge in [0.15, 0.2) is 17.5 Å². The number of halogens is 3. The molecule has 0 amide bonds. The molecule has 0 unspecified atom stereocenters. The highest BCUT2D eigenvalue weighted by Gasteiger charge is 2.39. The van der Waals surface area contributed by atoms with E-state index in [1.54, 1.807) is 0 Å². The predicted octanol–water partition coefficient (Wildman–Crippen LogP) is 3.38. The van der Waals surface area contributed by atoms with Crippen molar-refractivity contribution in [1.82, 2.24) is 5.32 Å². The van der Waals surface area contributed by atoms with Crippen molar-refractivity contribution in [2.45, 2.75) is 32.7 Å². The van der Waals surface area contributed by atoms with Gasteiger partial charge in [-0.05, 0) is 42.4 Å². The van der Waals surface area contributed by atoms with E-state index < -0.39 is 17.5 Å². The van der Waals surface area contributed by atoms with Crippen molar-refractivity contribution in [1.29, 1.82) is 0 Å². The molecule has 0 aromatic heterocycles. The highest BCUT2D eigenvalue weighted by molar-refractivity contribution is 5.19. The van der Waals surface area contributed by atoms with Crippen molar-refractivity contribution in [3.63, 3.8) is 0 Å². The second-order valence-electron chi connectivity index (χ2n) is 4.83. The molecule has 1 aliphatic carbocycles. The molecule has 0 spiro atoms. The van der Waals surface area contributed by atoms with Gasteiger partial charge in [0.05, 0.1) is 0 Å². The molecule has 2 rings (SSSR count). The molecule has 1 nitrogen and oxygen atoms in total. The summed E-state index contributed by atoms with van der Waals surface area (Å²) in [6.07, 6.45) is 3.54. The number of hydrogen-bond donors (Lipinski definition) is 1. The molecule has 1 aliphatic rings. The standard InChI is InChI=1S/C13H16F3N/c1-2-13(3-4-13)8-17-7-9-5-10(14)12(16)11(15)6-9/h5-6,17H,2-4,7-8H2,1H3. The van der Waals surface area contributed by atoms with E-state index in [-0.39, 0.29) is 0 Å². The maximum Gasteiger partial charge on any atom is 0.194 e. The van der Waals surface area contributed by atoms with Crippen LogP contribution in [0.5, 0.6) is 0 Å². The molecule has 1 fully saturated rings. The smallest absolute Gasteiger partial charge is 0.194 e. The zero-order valence-electron chi connectivity index (χ0n) is 9.82. The Morgan fingerprint density at radius 2 is 1.76 bits per heavy atom. The maximum atomic E-state index is 12.9. The summed E-state index contributed by atoms with van der Waals surface area (Å²) >= 11 is 0. The molecule has 1 saturated carbocycles. The lowest BCUT2D eigenvalue weighted by Crippen LogP contribution is -2.23. The first-order valence-electron chi connectivity index (χ1n) is 5.90. The Morgan fingerprint density at radius 1 is 1.18 bits per heavy atom. The third kappa shape index (κ3) is 2.80. The van der Waals surface area contributed by atoms with Gasteiger partial charge in [-0.25, -0.2) is 13.2 Å². The summed E-state index contributed by atoms with van der Waals surface area (Å²) in [6, 6.07) is 2.08. The van der Waals surface area contributed by atoms with Crippen molar-refractivity contribution in [3.8, 4) is 0 Å². The van der Waals surface area contributed by atoms with Crippen molar-refractivity contribution in [2.75, 3.05) is 6.54 Å². The predicted molar refractivity (Wildman–Crippen MR) is 60.0 cm³/mol. The monoisotopic (exact) mass is 243 g/mol. The average molecular weight is 243 g/mol. The van der Waals surface area contributed by atoms with E-state index in [4.69, 9.17) is 0 Å². The number of hydrogen-bond acceptors (Lipinski definition) is 1. The van der Waals surface area contributed by atoms with Gasteiger partial charge in [0.25, 0.3) is 0 Å². The van der Waals surface area contributed by atoms with Crippen LogP contribution in [0.25, 0.3) is 0 Å². The summed E-state index contributed by atoms with van der Waals surface area (Å²) in [5.41, 5.74) is 0.824. The molecule has 1 N–H and O–H groups in total. The second kappa shape index (κ2) is 4.69. The Kier molecular flexibility index (Phi) is 3.43. The lowest BCUT2D eigenvalue weighted by Gasteiger charge is -2.13. The van der Waals surface area contributed by atoms with Crippen LogP contribution < -0.4 is 5.32 Å². The van der Waals surface area contributed by atoms with Gasteiger partial charge in [-0.1, -0.05) is 6.92 Å². The fourth-order valence-corrected chi connectivity index (χ4v) is 2.01. The Labute approximate surface area is 99.0 Å². The molecule has 0 radical (unpaired) electrons. The van der Waals surface area contributed by atoms with Gasteiger partial charge in [-0.2, -0.15) is 0 Å². The molecule has 0 heterocycles. The summed E-state index contributed by atoms with van der Waals surface area (Å²) in [6.45, 7) is 3.37. The molecular formula is C13H16F3N. The van der Waals surface area contributed by atoms with Crippen LogP contribution in [-0.2, 0) is 6.54 Å². The van der Waals surface area contributed by atoms with Crippen molar-refractivity contribution < 1.29 is 13.2 Å². The SMILES string of the molecule is CCC1(CNCc2cc(F)c(F)c(F)c2)CC1. The maximum absolute atomic E-state index is 12.9. The Bertz CT molecular complexity index is 390. The molecule has 94 valence electrons. The summed E-state index contributed by atoms with van der Waals surface area (Å²) in [5.74, 6) is -3.65. The van der Waals surface area contributed by atoms with Gasteiger partial charge in [-0.15, -0.1) is 0 Å². The van der Waals surface area contributed by atoms with Crippen LogP contribution in [0.4, 0.5) is 13.2 Å². The first-order valence-corrected chi connectivity index (χ1v) is 5.90. The fourth-order valence-electron chi connectivity index (χ4n) is 2.01. The molecule has 0 aliphatic heterocycles. The van der Waals surface area contributed by atoms with Crippen LogP contribution in [0.15, 0.2) is 12.1 Å². The zero-order chi connectivity index (χ0) is 12.5. The molecule has 1 aromatic carbocycles. The highest BCUT2D eigenvalue weighted by Crippen LogP contribution is 2.47. The van der Waals surface area contributed by atoms with E-state index in [0.29, 0.717) is 17.5 Å². The van der Waals surface area contributed by atoms with E-state index in [1.165, 1.54) is 12.8 Å².